The van der Waals surface area contributed by atoms with Crippen molar-refractivity contribution < 1.29 is 18.0 Å². The van der Waals surface area contributed by atoms with Crippen molar-refractivity contribution in [2.45, 2.75) is 51.9 Å². The highest BCUT2D eigenvalue weighted by Gasteiger charge is 2.32. The van der Waals surface area contributed by atoms with E-state index in [1.807, 2.05) is 4.90 Å². The minimum atomic E-state index is -4.36. The highest BCUT2D eigenvalue weighted by molar-refractivity contribution is 5.74. The van der Waals surface area contributed by atoms with Crippen LogP contribution in [0.5, 0.6) is 0 Å². The number of nitrogens with zero attached hydrogens (tertiary/aromatic N) is 1. The topological polar surface area (TPSA) is 32.3 Å². The maximum atomic E-state index is 12.7. The first kappa shape index (κ1) is 17.6. The van der Waals surface area contributed by atoms with E-state index >= 15 is 0 Å². The number of nitrogens with one attached hydrogen (secondary N) is 1. The van der Waals surface area contributed by atoms with Crippen molar-refractivity contribution in [3.05, 3.63) is 35.4 Å². The number of hydrogen-bond donors (Lipinski definition) is 1. The molecule has 0 unspecified atom stereocenters. The van der Waals surface area contributed by atoms with Crippen molar-refractivity contribution in [2.24, 2.45) is 5.92 Å². The van der Waals surface area contributed by atoms with Crippen LogP contribution in [-0.2, 0) is 12.7 Å². The number of amides is 2. The minimum Gasteiger partial charge on any atom is -0.334 e. The Kier molecular flexibility index (Phi) is 5.55. The molecule has 1 N–H and O–H groups in total. The molecule has 2 rings (SSSR count). The van der Waals surface area contributed by atoms with Crippen molar-refractivity contribution in [2.75, 3.05) is 6.54 Å². The number of rotatable bonds is 6. The molecule has 0 atom stereocenters. The molecule has 3 nitrogen and oxygen atoms in total. The van der Waals surface area contributed by atoms with E-state index in [1.165, 1.54) is 6.07 Å². The smallest absolute Gasteiger partial charge is 0.334 e. The molecular weight excluding hydrogens is 305 g/mol. The summed E-state index contributed by atoms with van der Waals surface area (Å²) in [4.78, 5) is 14.1. The molecule has 1 fully saturated rings. The first-order chi connectivity index (χ1) is 10.8. The van der Waals surface area contributed by atoms with Crippen molar-refractivity contribution >= 4 is 6.03 Å². The van der Waals surface area contributed by atoms with Gasteiger partial charge in [-0.25, -0.2) is 4.79 Å². The van der Waals surface area contributed by atoms with E-state index in [4.69, 9.17) is 0 Å². The second-order valence-corrected chi connectivity index (χ2v) is 6.46. The fourth-order valence-electron chi connectivity index (χ4n) is 2.37. The van der Waals surface area contributed by atoms with E-state index in [0.717, 1.165) is 31.4 Å². The third-order valence-electron chi connectivity index (χ3n) is 3.89. The Morgan fingerprint density at radius 3 is 2.61 bits per heavy atom. The number of halogens is 3. The second-order valence-electron chi connectivity index (χ2n) is 6.46. The average molecular weight is 328 g/mol. The highest BCUT2D eigenvalue weighted by atomic mass is 19.4. The summed E-state index contributed by atoms with van der Waals surface area (Å²) in [6, 6.07) is 5.16. The van der Waals surface area contributed by atoms with E-state index in [0.29, 0.717) is 18.0 Å². The van der Waals surface area contributed by atoms with Crippen LogP contribution < -0.4 is 5.32 Å². The van der Waals surface area contributed by atoms with Crippen LogP contribution >= 0.6 is 0 Å². The van der Waals surface area contributed by atoms with Gasteiger partial charge in [0.25, 0.3) is 0 Å². The largest absolute Gasteiger partial charge is 0.416 e. The Morgan fingerprint density at radius 1 is 1.35 bits per heavy atom. The minimum absolute atomic E-state index is 0.105. The normalized spacial score (nSPS) is 14.9. The fourth-order valence-corrected chi connectivity index (χ4v) is 2.37. The summed E-state index contributed by atoms with van der Waals surface area (Å²) in [5.74, 6) is 0.507. The molecule has 1 aliphatic rings. The van der Waals surface area contributed by atoms with Gasteiger partial charge in [0.15, 0.2) is 0 Å². The molecule has 0 saturated heterocycles. The zero-order valence-electron chi connectivity index (χ0n) is 13.5. The molecule has 0 aromatic heterocycles. The Labute approximate surface area is 134 Å². The monoisotopic (exact) mass is 328 g/mol. The summed E-state index contributed by atoms with van der Waals surface area (Å²) in [7, 11) is 0. The van der Waals surface area contributed by atoms with E-state index in [9.17, 15) is 18.0 Å². The maximum absolute atomic E-state index is 12.7. The van der Waals surface area contributed by atoms with Gasteiger partial charge in [-0.3, -0.25) is 0 Å². The number of carbonyl (C=O) groups is 1. The second kappa shape index (κ2) is 7.23. The van der Waals surface area contributed by atoms with Crippen LogP contribution in [0.25, 0.3) is 0 Å². The molecule has 0 bridgehead atoms. The molecule has 23 heavy (non-hydrogen) atoms. The molecule has 0 radical (unpaired) electrons. The Balaban J connectivity index is 1.92. The van der Waals surface area contributed by atoms with E-state index in [-0.39, 0.29) is 18.6 Å². The van der Waals surface area contributed by atoms with Gasteiger partial charge in [0.1, 0.15) is 0 Å². The Morgan fingerprint density at radius 2 is 2.04 bits per heavy atom. The molecular formula is C17H23F3N2O. The Hall–Kier alpha value is -1.72. The van der Waals surface area contributed by atoms with Crippen LogP contribution in [0.3, 0.4) is 0 Å². The van der Waals surface area contributed by atoms with Gasteiger partial charge in [-0.15, -0.1) is 0 Å². The molecule has 2 amide bonds. The zero-order valence-corrected chi connectivity index (χ0v) is 13.5. The first-order valence-electron chi connectivity index (χ1n) is 7.98. The van der Waals surface area contributed by atoms with Gasteiger partial charge in [0.05, 0.1) is 5.56 Å². The standard InChI is InChI=1S/C17H23F3N2O/c1-12(2)8-9-22(15-6-7-15)16(23)21-11-13-4-3-5-14(10-13)17(18,19)20/h3-5,10,12,15H,6-9,11H2,1-2H3,(H,21,23). The van der Waals surface area contributed by atoms with E-state index in [2.05, 4.69) is 19.2 Å². The quantitative estimate of drug-likeness (QED) is 0.823. The predicted octanol–water partition coefficient (Wildman–Crippen LogP) is 4.43. The number of hydrogen-bond acceptors (Lipinski definition) is 1. The van der Waals surface area contributed by atoms with Gasteiger partial charge in [-0.1, -0.05) is 26.0 Å². The molecule has 6 heteroatoms. The van der Waals surface area contributed by atoms with Crippen molar-refractivity contribution in [3.63, 3.8) is 0 Å². The van der Waals surface area contributed by atoms with Gasteiger partial charge >= 0.3 is 12.2 Å². The molecule has 0 heterocycles. The molecule has 0 spiro atoms. The van der Waals surface area contributed by atoms with Crippen molar-refractivity contribution in [1.29, 1.82) is 0 Å². The number of carbonyl (C=O) groups excluding carboxylic acids is 1. The van der Waals surface area contributed by atoms with Gasteiger partial charge in [-0.05, 0) is 42.9 Å². The van der Waals surface area contributed by atoms with E-state index < -0.39 is 11.7 Å². The van der Waals surface area contributed by atoms with Crippen LogP contribution in [0.4, 0.5) is 18.0 Å². The molecule has 128 valence electrons. The summed E-state index contributed by atoms with van der Waals surface area (Å²) in [5, 5.41) is 2.74. The van der Waals surface area contributed by atoms with Gasteiger partial charge < -0.3 is 10.2 Å². The lowest BCUT2D eigenvalue weighted by atomic mass is 10.1. The fraction of sp³-hybridized carbons (Fsp3) is 0.588. The van der Waals surface area contributed by atoms with Crippen LogP contribution in [0.1, 0.15) is 44.2 Å². The number of urea groups is 1. The summed E-state index contributed by atoms with van der Waals surface area (Å²) in [6.07, 6.45) is -1.42. The average Bonchev–Trinajstić information content (AvgIpc) is 3.29. The third-order valence-corrected chi connectivity index (χ3v) is 3.89. The molecule has 1 aromatic carbocycles. The van der Waals surface area contributed by atoms with Crippen molar-refractivity contribution in [3.8, 4) is 0 Å². The molecule has 1 saturated carbocycles. The lowest BCUT2D eigenvalue weighted by molar-refractivity contribution is -0.137. The summed E-state index contributed by atoms with van der Waals surface area (Å²) < 4.78 is 38.1. The van der Waals surface area contributed by atoms with E-state index in [1.54, 1.807) is 6.07 Å². The lowest BCUT2D eigenvalue weighted by Crippen LogP contribution is -2.42. The first-order valence-corrected chi connectivity index (χ1v) is 7.98. The number of alkyl halides is 3. The predicted molar refractivity (Wildman–Crippen MR) is 82.9 cm³/mol. The molecule has 1 aliphatic carbocycles. The van der Waals surface area contributed by atoms with Crippen LogP contribution in [0.2, 0.25) is 0 Å². The zero-order chi connectivity index (χ0) is 17.0. The van der Waals surface area contributed by atoms with Gasteiger partial charge in [-0.2, -0.15) is 13.2 Å². The van der Waals surface area contributed by atoms with Gasteiger partial charge in [0, 0.05) is 19.1 Å². The van der Waals surface area contributed by atoms with Gasteiger partial charge in [0.2, 0.25) is 0 Å². The molecule has 0 aliphatic heterocycles. The Bertz CT molecular complexity index is 539. The maximum Gasteiger partial charge on any atom is 0.416 e. The van der Waals surface area contributed by atoms with Crippen LogP contribution in [-0.4, -0.2) is 23.5 Å². The SMILES string of the molecule is CC(C)CCN(C(=O)NCc1cccc(C(F)(F)F)c1)C1CC1. The van der Waals surface area contributed by atoms with Crippen LogP contribution in [0.15, 0.2) is 24.3 Å². The van der Waals surface area contributed by atoms with Crippen molar-refractivity contribution in [1.82, 2.24) is 10.2 Å². The number of benzene rings is 1. The molecule has 1 aromatic rings. The highest BCUT2D eigenvalue weighted by Crippen LogP contribution is 2.30. The van der Waals surface area contributed by atoms with Crippen LogP contribution in [0, 0.1) is 5.92 Å². The third kappa shape index (κ3) is 5.44. The lowest BCUT2D eigenvalue weighted by Gasteiger charge is -2.24. The summed E-state index contributed by atoms with van der Waals surface area (Å²) in [6.45, 7) is 5.00. The summed E-state index contributed by atoms with van der Waals surface area (Å²) >= 11 is 0. The summed E-state index contributed by atoms with van der Waals surface area (Å²) in [5.41, 5.74) is -0.240.